The summed E-state index contributed by atoms with van der Waals surface area (Å²) in [5.41, 5.74) is 2.45. The van der Waals surface area contributed by atoms with Gasteiger partial charge in [-0.3, -0.25) is 14.0 Å². The van der Waals surface area contributed by atoms with Gasteiger partial charge in [-0.05, 0) is 80.8 Å². The Morgan fingerprint density at radius 3 is 2.83 bits per heavy atom. The average molecular weight is 396 g/mol. The minimum Gasteiger partial charge on any atom is -0.466 e. The van der Waals surface area contributed by atoms with Gasteiger partial charge < -0.3 is 10.1 Å². The first-order valence-corrected chi connectivity index (χ1v) is 10.9. The van der Waals surface area contributed by atoms with E-state index >= 15 is 0 Å². The summed E-state index contributed by atoms with van der Waals surface area (Å²) >= 11 is 0. The van der Waals surface area contributed by atoms with Crippen molar-refractivity contribution in [2.45, 2.75) is 51.9 Å². The molecule has 1 N–H and O–H groups in total. The molecule has 1 amide bonds. The Bertz CT molecular complexity index is 941. The number of carbonyl (C=O) groups excluding carboxylic acids is 2. The number of amides is 1. The lowest BCUT2D eigenvalue weighted by Crippen LogP contribution is -2.51. The van der Waals surface area contributed by atoms with Crippen molar-refractivity contribution < 1.29 is 14.3 Å². The van der Waals surface area contributed by atoms with Crippen LogP contribution in [-0.4, -0.2) is 34.4 Å². The lowest BCUT2D eigenvalue weighted by molar-refractivity contribution is -0.142. The van der Waals surface area contributed by atoms with Gasteiger partial charge in [-0.25, -0.2) is 4.98 Å². The van der Waals surface area contributed by atoms with Gasteiger partial charge in [0, 0.05) is 12.7 Å². The van der Waals surface area contributed by atoms with Crippen LogP contribution in [0.2, 0.25) is 0 Å². The zero-order valence-electron chi connectivity index (χ0n) is 17.0. The fourth-order valence-corrected chi connectivity index (χ4v) is 6.44. The predicted molar refractivity (Wildman–Crippen MR) is 108 cm³/mol. The molecule has 0 aromatic carbocycles. The predicted octanol–water partition coefficient (Wildman–Crippen LogP) is 3.39. The molecule has 1 spiro atoms. The molecule has 154 valence electrons. The van der Waals surface area contributed by atoms with Crippen LogP contribution in [0.5, 0.6) is 0 Å². The number of carbonyl (C=O) groups is 2. The van der Waals surface area contributed by atoms with Gasteiger partial charge in [0.25, 0.3) is 5.91 Å². The molecule has 4 aliphatic rings. The summed E-state index contributed by atoms with van der Waals surface area (Å²) in [6.45, 7) is 2.89. The number of rotatable bonds is 6. The third-order valence-corrected chi connectivity index (χ3v) is 7.18. The number of aromatic nitrogens is 2. The smallest absolute Gasteiger partial charge is 0.311 e. The summed E-state index contributed by atoms with van der Waals surface area (Å²) in [5, 5.41) is 3.18. The van der Waals surface area contributed by atoms with Gasteiger partial charge >= 0.3 is 5.97 Å². The van der Waals surface area contributed by atoms with Crippen LogP contribution >= 0.6 is 0 Å². The van der Waals surface area contributed by atoms with E-state index in [0.717, 1.165) is 18.4 Å². The van der Waals surface area contributed by atoms with E-state index in [1.807, 2.05) is 18.2 Å². The largest absolute Gasteiger partial charge is 0.466 e. The Labute approximate surface area is 171 Å². The summed E-state index contributed by atoms with van der Waals surface area (Å²) in [5.74, 6) is 2.09. The monoisotopic (exact) mass is 395 g/mol. The fourth-order valence-electron chi connectivity index (χ4n) is 6.44. The molecule has 4 saturated carbocycles. The highest BCUT2D eigenvalue weighted by Crippen LogP contribution is 2.64. The maximum Gasteiger partial charge on any atom is 0.311 e. The summed E-state index contributed by atoms with van der Waals surface area (Å²) in [7, 11) is 0. The summed E-state index contributed by atoms with van der Waals surface area (Å²) in [4.78, 5) is 29.1. The maximum absolute atomic E-state index is 12.9. The lowest BCUT2D eigenvalue weighted by atomic mass is 9.45. The molecule has 0 aliphatic heterocycles. The molecular formula is C23H29N3O3. The van der Waals surface area contributed by atoms with E-state index in [1.165, 1.54) is 38.5 Å². The third kappa shape index (κ3) is 3.53. The number of hydrogen-bond donors (Lipinski definition) is 1. The van der Waals surface area contributed by atoms with Crippen molar-refractivity contribution >= 4 is 17.5 Å². The Morgan fingerprint density at radius 2 is 2.03 bits per heavy atom. The highest BCUT2D eigenvalue weighted by atomic mass is 16.5. The van der Waals surface area contributed by atoms with E-state index < -0.39 is 0 Å². The highest BCUT2D eigenvalue weighted by Gasteiger charge is 2.53. The second kappa shape index (κ2) is 7.15. The van der Waals surface area contributed by atoms with Crippen LogP contribution in [0.3, 0.4) is 0 Å². The average Bonchev–Trinajstić information content (AvgIpc) is 3.06. The van der Waals surface area contributed by atoms with Crippen LogP contribution in [0.4, 0.5) is 0 Å². The van der Waals surface area contributed by atoms with Crippen LogP contribution in [0.1, 0.15) is 61.6 Å². The van der Waals surface area contributed by atoms with Crippen LogP contribution in [-0.2, 0) is 16.0 Å². The van der Waals surface area contributed by atoms with Crippen molar-refractivity contribution in [3.63, 3.8) is 0 Å². The van der Waals surface area contributed by atoms with E-state index in [1.54, 1.807) is 17.5 Å². The zero-order chi connectivity index (χ0) is 20.0. The van der Waals surface area contributed by atoms with Crippen LogP contribution in [0.25, 0.3) is 5.65 Å². The number of imidazole rings is 1. The van der Waals surface area contributed by atoms with Gasteiger partial charge in [-0.15, -0.1) is 0 Å². The number of ether oxygens (including phenoxy) is 1. The number of fused-ring (bicyclic) bond motifs is 1. The Kier molecular flexibility index (Phi) is 4.60. The van der Waals surface area contributed by atoms with Gasteiger partial charge in [0.2, 0.25) is 0 Å². The summed E-state index contributed by atoms with van der Waals surface area (Å²) in [6, 6.07) is 5.49. The molecule has 2 atom stereocenters. The first-order chi connectivity index (χ1) is 14.0. The molecule has 2 unspecified atom stereocenters. The minimum absolute atomic E-state index is 0.0737. The highest BCUT2D eigenvalue weighted by molar-refractivity contribution is 5.93. The molecule has 0 radical (unpaired) electrons. The van der Waals surface area contributed by atoms with Crippen molar-refractivity contribution in [1.82, 2.24) is 14.7 Å². The van der Waals surface area contributed by atoms with E-state index in [9.17, 15) is 9.59 Å². The first kappa shape index (κ1) is 18.6. The van der Waals surface area contributed by atoms with Crippen molar-refractivity contribution in [3.05, 3.63) is 35.8 Å². The van der Waals surface area contributed by atoms with Crippen LogP contribution in [0, 0.1) is 23.2 Å². The Morgan fingerprint density at radius 1 is 1.21 bits per heavy atom. The molecule has 2 aromatic rings. The van der Waals surface area contributed by atoms with E-state index in [0.29, 0.717) is 35.0 Å². The van der Waals surface area contributed by atoms with Gasteiger partial charge in [0.1, 0.15) is 11.3 Å². The number of pyridine rings is 1. The normalized spacial score (nSPS) is 29.9. The lowest BCUT2D eigenvalue weighted by Gasteiger charge is -2.60. The van der Waals surface area contributed by atoms with Gasteiger partial charge in [0.15, 0.2) is 0 Å². The van der Waals surface area contributed by atoms with Crippen LogP contribution < -0.4 is 5.32 Å². The topological polar surface area (TPSA) is 72.7 Å². The Hall–Kier alpha value is -2.37. The number of nitrogens with one attached hydrogen (secondary N) is 1. The van der Waals surface area contributed by atoms with Gasteiger partial charge in [0.05, 0.1) is 18.7 Å². The van der Waals surface area contributed by atoms with Gasteiger partial charge in [-0.2, -0.15) is 0 Å². The van der Waals surface area contributed by atoms with E-state index in [2.05, 4.69) is 10.3 Å². The molecule has 3 bridgehead atoms. The minimum atomic E-state index is -0.303. The molecule has 4 fully saturated rings. The summed E-state index contributed by atoms with van der Waals surface area (Å²) < 4.78 is 6.77. The van der Waals surface area contributed by atoms with Gasteiger partial charge in [-0.1, -0.05) is 6.07 Å². The molecule has 2 aromatic heterocycles. The Balaban J connectivity index is 1.26. The standard InChI is InChI=1S/C23H29N3O3/c1-2-29-21(27)8-18-14-26-19(4-3-5-20(26)25-18)22(28)24-13-17-7-15-6-16-10-23(9-15,11-16)12-17/h3-5,14-17H,2,6-13H2,1H3,(H,24,28). The van der Waals surface area contributed by atoms with Crippen molar-refractivity contribution in [3.8, 4) is 0 Å². The van der Waals surface area contributed by atoms with E-state index in [4.69, 9.17) is 4.74 Å². The zero-order valence-corrected chi connectivity index (χ0v) is 17.0. The molecule has 6 rings (SSSR count). The maximum atomic E-state index is 12.9. The number of esters is 1. The first-order valence-electron chi connectivity index (χ1n) is 10.9. The molecule has 6 heteroatoms. The number of hydrogen-bond acceptors (Lipinski definition) is 4. The molecular weight excluding hydrogens is 366 g/mol. The molecule has 0 saturated heterocycles. The summed E-state index contributed by atoms with van der Waals surface area (Å²) in [6.07, 6.45) is 10.1. The van der Waals surface area contributed by atoms with Crippen molar-refractivity contribution in [2.75, 3.05) is 13.2 Å². The second-order valence-electron chi connectivity index (χ2n) is 9.45. The SMILES string of the molecule is CCOC(=O)Cc1cn2c(C(=O)NCC3CC4CC5CC(C3)(C4)C5)cccc2n1. The fraction of sp³-hybridized carbons (Fsp3) is 0.609. The number of nitrogens with zero attached hydrogens (tertiary/aromatic N) is 2. The molecule has 4 aliphatic carbocycles. The third-order valence-electron chi connectivity index (χ3n) is 7.18. The second-order valence-corrected chi connectivity index (χ2v) is 9.45. The quantitative estimate of drug-likeness (QED) is 0.761. The molecule has 29 heavy (non-hydrogen) atoms. The van der Waals surface area contributed by atoms with Crippen molar-refractivity contribution in [1.29, 1.82) is 0 Å². The molecule has 2 heterocycles. The van der Waals surface area contributed by atoms with Crippen LogP contribution in [0.15, 0.2) is 24.4 Å². The molecule has 6 nitrogen and oxygen atoms in total. The van der Waals surface area contributed by atoms with Crippen molar-refractivity contribution in [2.24, 2.45) is 23.2 Å². The van der Waals surface area contributed by atoms with E-state index in [-0.39, 0.29) is 18.3 Å².